The summed E-state index contributed by atoms with van der Waals surface area (Å²) < 4.78 is 7.38. The van der Waals surface area contributed by atoms with E-state index in [2.05, 4.69) is 0 Å². The third-order valence-corrected chi connectivity index (χ3v) is 4.06. The summed E-state index contributed by atoms with van der Waals surface area (Å²) in [5, 5.41) is 11.5. The second-order valence-corrected chi connectivity index (χ2v) is 5.91. The molecule has 0 radical (unpaired) electrons. The van der Waals surface area contributed by atoms with Crippen molar-refractivity contribution in [2.45, 2.75) is 20.8 Å². The minimum atomic E-state index is -0.456. The number of rotatable bonds is 5. The zero-order chi connectivity index (χ0) is 18.1. The van der Waals surface area contributed by atoms with E-state index in [1.165, 1.54) is 6.07 Å². The zero-order valence-corrected chi connectivity index (χ0v) is 14.3. The number of hydrogen-bond acceptors (Lipinski definition) is 4. The molecule has 2 aromatic heterocycles. The van der Waals surface area contributed by atoms with Gasteiger partial charge in [-0.25, -0.2) is 0 Å². The highest BCUT2D eigenvalue weighted by atomic mass is 16.6. The summed E-state index contributed by atoms with van der Waals surface area (Å²) in [6.45, 7) is 5.79. The van der Waals surface area contributed by atoms with E-state index in [-0.39, 0.29) is 11.4 Å². The van der Waals surface area contributed by atoms with Gasteiger partial charge in [-0.2, -0.15) is 0 Å². The van der Waals surface area contributed by atoms with Gasteiger partial charge in [0.25, 0.3) is 0 Å². The van der Waals surface area contributed by atoms with Crippen molar-refractivity contribution in [3.8, 4) is 16.9 Å². The molecule has 1 aromatic carbocycles. The van der Waals surface area contributed by atoms with Crippen molar-refractivity contribution in [2.75, 3.05) is 6.61 Å². The Kier molecular flexibility index (Phi) is 4.27. The minimum absolute atomic E-state index is 0.0971. The molecule has 3 rings (SSSR count). The Morgan fingerprint density at radius 3 is 2.56 bits per heavy atom. The van der Waals surface area contributed by atoms with Crippen molar-refractivity contribution in [1.82, 2.24) is 4.40 Å². The standard InChI is InChI=1S/C19H18N2O4/c1-4-25-19-16(7-13(3)8-17(19)21(23)24)15-9-14-6-5-12(2)10-20(14)18(15)11-22/h5-11H,4H2,1-3H3. The number of nitro benzene ring substituents is 1. The summed E-state index contributed by atoms with van der Waals surface area (Å²) in [6, 6.07) is 9.01. The average Bonchev–Trinajstić information content (AvgIpc) is 2.93. The first-order valence-electron chi connectivity index (χ1n) is 7.95. The van der Waals surface area contributed by atoms with Crippen LogP contribution in [0.1, 0.15) is 28.5 Å². The van der Waals surface area contributed by atoms with Crippen molar-refractivity contribution in [3.63, 3.8) is 0 Å². The number of ether oxygens (including phenoxy) is 1. The summed E-state index contributed by atoms with van der Waals surface area (Å²) in [5.41, 5.74) is 4.10. The summed E-state index contributed by atoms with van der Waals surface area (Å²) >= 11 is 0. The first-order valence-corrected chi connectivity index (χ1v) is 7.95. The predicted octanol–water partition coefficient (Wildman–Crippen LogP) is 4.34. The number of aryl methyl sites for hydroxylation is 2. The van der Waals surface area contributed by atoms with E-state index in [9.17, 15) is 14.9 Å². The second-order valence-electron chi connectivity index (χ2n) is 5.91. The SMILES string of the molecule is CCOc1c(-c2cc3ccc(C)cn3c2C=O)cc(C)cc1[N+](=O)[O-]. The lowest BCUT2D eigenvalue weighted by Crippen LogP contribution is -2.01. The van der Waals surface area contributed by atoms with Crippen molar-refractivity contribution in [2.24, 2.45) is 0 Å². The number of aldehydes is 1. The average molecular weight is 338 g/mol. The van der Waals surface area contributed by atoms with Gasteiger partial charge in [0.05, 0.1) is 17.2 Å². The van der Waals surface area contributed by atoms with Crippen molar-refractivity contribution >= 4 is 17.5 Å². The van der Waals surface area contributed by atoms with Crippen LogP contribution in [0.3, 0.4) is 0 Å². The van der Waals surface area contributed by atoms with Crippen LogP contribution >= 0.6 is 0 Å². The van der Waals surface area contributed by atoms with E-state index in [0.29, 0.717) is 23.4 Å². The molecule has 0 unspecified atom stereocenters. The molecule has 0 fully saturated rings. The molecular weight excluding hydrogens is 320 g/mol. The Bertz CT molecular complexity index is 989. The Labute approximate surface area is 144 Å². The van der Waals surface area contributed by atoms with Gasteiger partial charge in [-0.3, -0.25) is 14.9 Å². The molecular formula is C19H18N2O4. The third-order valence-electron chi connectivity index (χ3n) is 4.06. The van der Waals surface area contributed by atoms with Gasteiger partial charge >= 0.3 is 5.69 Å². The first-order chi connectivity index (χ1) is 12.0. The topological polar surface area (TPSA) is 73.8 Å². The van der Waals surface area contributed by atoms with E-state index < -0.39 is 4.92 Å². The lowest BCUT2D eigenvalue weighted by Gasteiger charge is -2.11. The van der Waals surface area contributed by atoms with Gasteiger partial charge in [-0.05, 0) is 50.1 Å². The van der Waals surface area contributed by atoms with Gasteiger partial charge in [-0.15, -0.1) is 0 Å². The van der Waals surface area contributed by atoms with Crippen molar-refractivity contribution in [1.29, 1.82) is 0 Å². The molecule has 0 amide bonds. The molecule has 0 N–H and O–H groups in total. The van der Waals surface area contributed by atoms with E-state index in [0.717, 1.165) is 22.9 Å². The van der Waals surface area contributed by atoms with Crippen LogP contribution in [0.25, 0.3) is 16.6 Å². The summed E-state index contributed by atoms with van der Waals surface area (Å²) in [4.78, 5) is 22.8. The molecule has 0 aliphatic heterocycles. The number of nitrogens with zero attached hydrogens (tertiary/aromatic N) is 2. The number of carbonyl (C=O) groups is 1. The summed E-state index contributed by atoms with van der Waals surface area (Å²) in [5.74, 6) is 0.189. The van der Waals surface area contributed by atoms with Gasteiger partial charge in [0.1, 0.15) is 0 Å². The number of benzene rings is 1. The molecule has 0 spiro atoms. The number of aromatic nitrogens is 1. The summed E-state index contributed by atoms with van der Waals surface area (Å²) in [6.07, 6.45) is 2.64. The highest BCUT2D eigenvalue weighted by Gasteiger charge is 2.24. The van der Waals surface area contributed by atoms with Crippen LogP contribution in [0.5, 0.6) is 5.75 Å². The Morgan fingerprint density at radius 2 is 1.92 bits per heavy atom. The number of fused-ring (bicyclic) bond motifs is 1. The number of nitro groups is 1. The largest absolute Gasteiger partial charge is 0.487 e. The maximum absolute atomic E-state index is 11.8. The van der Waals surface area contributed by atoms with E-state index in [4.69, 9.17) is 4.74 Å². The maximum Gasteiger partial charge on any atom is 0.311 e. The van der Waals surface area contributed by atoms with E-state index in [1.54, 1.807) is 18.2 Å². The van der Waals surface area contributed by atoms with E-state index >= 15 is 0 Å². The molecule has 128 valence electrons. The highest BCUT2D eigenvalue weighted by molar-refractivity contribution is 5.92. The quantitative estimate of drug-likeness (QED) is 0.394. The molecule has 6 heteroatoms. The van der Waals surface area contributed by atoms with Gasteiger partial charge in [0, 0.05) is 28.9 Å². The molecule has 0 bridgehead atoms. The van der Waals surface area contributed by atoms with Crippen LogP contribution in [0.4, 0.5) is 5.69 Å². The molecule has 0 saturated carbocycles. The van der Waals surface area contributed by atoms with Gasteiger partial charge in [0.15, 0.2) is 6.29 Å². The monoisotopic (exact) mass is 338 g/mol. The van der Waals surface area contributed by atoms with E-state index in [1.807, 2.05) is 37.4 Å². The fourth-order valence-electron chi connectivity index (χ4n) is 3.02. The van der Waals surface area contributed by atoms with Gasteiger partial charge in [-0.1, -0.05) is 6.07 Å². The third kappa shape index (κ3) is 2.87. The molecule has 0 saturated heterocycles. The molecule has 0 aliphatic carbocycles. The summed E-state index contributed by atoms with van der Waals surface area (Å²) in [7, 11) is 0. The van der Waals surface area contributed by atoms with Crippen LogP contribution in [0.2, 0.25) is 0 Å². The van der Waals surface area contributed by atoms with Crippen molar-refractivity contribution < 1.29 is 14.5 Å². The lowest BCUT2D eigenvalue weighted by atomic mass is 10.0. The molecule has 25 heavy (non-hydrogen) atoms. The molecule has 0 aliphatic rings. The fraction of sp³-hybridized carbons (Fsp3) is 0.211. The van der Waals surface area contributed by atoms with Crippen LogP contribution in [0.15, 0.2) is 36.5 Å². The van der Waals surface area contributed by atoms with Gasteiger partial charge in [0.2, 0.25) is 5.75 Å². The van der Waals surface area contributed by atoms with Crippen LogP contribution < -0.4 is 4.74 Å². The molecule has 2 heterocycles. The normalized spacial score (nSPS) is 10.8. The van der Waals surface area contributed by atoms with Crippen LogP contribution in [-0.4, -0.2) is 22.2 Å². The molecule has 3 aromatic rings. The fourth-order valence-corrected chi connectivity index (χ4v) is 3.02. The maximum atomic E-state index is 11.8. The molecule has 0 atom stereocenters. The second kappa shape index (κ2) is 6.39. The minimum Gasteiger partial charge on any atom is -0.487 e. The smallest absolute Gasteiger partial charge is 0.311 e. The van der Waals surface area contributed by atoms with Gasteiger partial charge < -0.3 is 9.14 Å². The zero-order valence-electron chi connectivity index (χ0n) is 14.3. The van der Waals surface area contributed by atoms with Crippen molar-refractivity contribution in [3.05, 3.63) is 63.5 Å². The number of hydrogen-bond donors (Lipinski definition) is 0. The molecule has 6 nitrogen and oxygen atoms in total. The number of pyridine rings is 1. The van der Waals surface area contributed by atoms with Crippen LogP contribution in [0, 0.1) is 24.0 Å². The predicted molar refractivity (Wildman–Crippen MR) is 95.5 cm³/mol. The Morgan fingerprint density at radius 1 is 1.16 bits per heavy atom. The lowest BCUT2D eigenvalue weighted by molar-refractivity contribution is -0.385. The highest BCUT2D eigenvalue weighted by Crippen LogP contribution is 2.41. The van der Waals surface area contributed by atoms with Crippen LogP contribution in [-0.2, 0) is 0 Å². The Hall–Kier alpha value is -3.15. The number of carbonyl (C=O) groups excluding carboxylic acids is 1. The first kappa shape index (κ1) is 16.7. The Balaban J connectivity index is 2.38.